The zero-order valence-corrected chi connectivity index (χ0v) is 17.7. The average Bonchev–Trinajstić information content (AvgIpc) is 2.93. The molecule has 0 unspecified atom stereocenters. The maximum Gasteiger partial charge on any atom is 0.446 e. The molecule has 2 aromatic rings. The van der Waals surface area contributed by atoms with Gasteiger partial charge in [0.2, 0.25) is 11.8 Å². The first-order chi connectivity index (χ1) is 14.8. The molecule has 0 aliphatic carbocycles. The smallest absolute Gasteiger partial charge is 0.341 e. The zero-order valence-electron chi connectivity index (χ0n) is 16.9. The van der Waals surface area contributed by atoms with E-state index in [1.807, 2.05) is 35.2 Å². The summed E-state index contributed by atoms with van der Waals surface area (Å²) in [4.78, 5) is 28.8. The Morgan fingerprint density at radius 2 is 1.74 bits per heavy atom. The minimum absolute atomic E-state index is 0.0563. The van der Waals surface area contributed by atoms with Crippen LogP contribution in [0.3, 0.4) is 0 Å². The van der Waals surface area contributed by atoms with Gasteiger partial charge in [0.25, 0.3) is 0 Å². The van der Waals surface area contributed by atoms with Gasteiger partial charge >= 0.3 is 5.51 Å². The number of halogens is 3. The molecule has 1 heterocycles. The second-order valence-electron chi connectivity index (χ2n) is 7.30. The third kappa shape index (κ3) is 7.91. The first-order valence-corrected chi connectivity index (χ1v) is 10.8. The molecule has 166 valence electrons. The Morgan fingerprint density at radius 1 is 0.968 bits per heavy atom. The SMILES string of the molecule is O=C(CN1CCCN(C(=O)Cc2cccc(SC(F)(F)F)c2)CC1)Nc1ccccc1. The molecule has 0 atom stereocenters. The van der Waals surface area contributed by atoms with Gasteiger partial charge < -0.3 is 10.2 Å². The number of benzene rings is 2. The van der Waals surface area contributed by atoms with Crippen molar-refractivity contribution in [3.63, 3.8) is 0 Å². The summed E-state index contributed by atoms with van der Waals surface area (Å²) in [6.45, 7) is 2.55. The van der Waals surface area contributed by atoms with Crippen molar-refractivity contribution in [3.05, 3.63) is 60.2 Å². The standard InChI is InChI=1S/C22H24F3N3O2S/c23-22(24,25)31-19-9-4-6-17(14-19)15-21(30)28-11-5-10-27(12-13-28)16-20(29)26-18-7-2-1-3-8-18/h1-4,6-9,14H,5,10-13,15-16H2,(H,26,29). The van der Waals surface area contributed by atoms with Gasteiger partial charge in [-0.25, -0.2) is 0 Å². The van der Waals surface area contributed by atoms with Crippen LogP contribution in [-0.4, -0.2) is 59.8 Å². The Morgan fingerprint density at radius 3 is 2.48 bits per heavy atom. The maximum absolute atomic E-state index is 12.7. The van der Waals surface area contributed by atoms with E-state index in [2.05, 4.69) is 5.32 Å². The van der Waals surface area contributed by atoms with E-state index < -0.39 is 5.51 Å². The van der Waals surface area contributed by atoms with E-state index >= 15 is 0 Å². The zero-order chi connectivity index (χ0) is 22.3. The van der Waals surface area contributed by atoms with Crippen LogP contribution in [0.2, 0.25) is 0 Å². The summed E-state index contributed by atoms with van der Waals surface area (Å²) in [6, 6.07) is 15.2. The van der Waals surface area contributed by atoms with E-state index in [0.717, 1.165) is 12.1 Å². The first-order valence-electron chi connectivity index (χ1n) is 9.98. The Bertz CT molecular complexity index is 893. The van der Waals surface area contributed by atoms with Gasteiger partial charge in [0.15, 0.2) is 0 Å². The van der Waals surface area contributed by atoms with E-state index in [9.17, 15) is 22.8 Å². The molecule has 5 nitrogen and oxygen atoms in total. The van der Waals surface area contributed by atoms with Crippen LogP contribution < -0.4 is 5.32 Å². The summed E-state index contributed by atoms with van der Waals surface area (Å²) >= 11 is -0.182. The molecule has 0 bridgehead atoms. The van der Waals surface area contributed by atoms with E-state index in [0.29, 0.717) is 31.7 Å². The van der Waals surface area contributed by atoms with Gasteiger partial charge in [-0.15, -0.1) is 0 Å². The monoisotopic (exact) mass is 451 g/mol. The van der Waals surface area contributed by atoms with Crippen LogP contribution in [-0.2, 0) is 16.0 Å². The Labute approximate surface area is 183 Å². The quantitative estimate of drug-likeness (QED) is 0.675. The number of nitrogens with one attached hydrogen (secondary N) is 1. The number of rotatable bonds is 6. The lowest BCUT2D eigenvalue weighted by atomic mass is 10.1. The van der Waals surface area contributed by atoms with Crippen molar-refractivity contribution in [1.82, 2.24) is 9.80 Å². The van der Waals surface area contributed by atoms with Crippen molar-refractivity contribution >= 4 is 29.3 Å². The number of hydrogen-bond donors (Lipinski definition) is 1. The second-order valence-corrected chi connectivity index (χ2v) is 8.44. The fourth-order valence-electron chi connectivity index (χ4n) is 3.44. The molecule has 9 heteroatoms. The number of alkyl halides is 3. The van der Waals surface area contributed by atoms with Crippen LogP contribution in [0.5, 0.6) is 0 Å². The van der Waals surface area contributed by atoms with E-state index in [1.165, 1.54) is 18.2 Å². The minimum atomic E-state index is -4.36. The van der Waals surface area contributed by atoms with Gasteiger partial charge in [0, 0.05) is 36.8 Å². The lowest BCUT2D eigenvalue weighted by Crippen LogP contribution is -2.38. The fraction of sp³-hybridized carbons (Fsp3) is 0.364. The summed E-state index contributed by atoms with van der Waals surface area (Å²) < 4.78 is 37.7. The van der Waals surface area contributed by atoms with Crippen LogP contribution in [0.25, 0.3) is 0 Å². The summed E-state index contributed by atoms with van der Waals surface area (Å²) in [5.74, 6) is -0.227. The van der Waals surface area contributed by atoms with Crippen molar-refractivity contribution in [3.8, 4) is 0 Å². The number of carbonyl (C=O) groups excluding carboxylic acids is 2. The van der Waals surface area contributed by atoms with Crippen LogP contribution in [0.1, 0.15) is 12.0 Å². The van der Waals surface area contributed by atoms with Crippen LogP contribution in [0.4, 0.5) is 18.9 Å². The normalized spacial score (nSPS) is 15.4. The molecule has 2 amide bonds. The molecule has 0 spiro atoms. The molecule has 0 saturated carbocycles. The molecule has 3 rings (SSSR count). The molecule has 1 saturated heterocycles. The number of amides is 2. The maximum atomic E-state index is 12.7. The van der Waals surface area contributed by atoms with Crippen molar-refractivity contribution in [1.29, 1.82) is 0 Å². The van der Waals surface area contributed by atoms with Crippen molar-refractivity contribution < 1.29 is 22.8 Å². The predicted octanol–water partition coefficient (Wildman–Crippen LogP) is 4.01. The van der Waals surface area contributed by atoms with Crippen molar-refractivity contribution in [2.75, 3.05) is 38.0 Å². The number of para-hydroxylation sites is 1. The number of thioether (sulfide) groups is 1. The van der Waals surface area contributed by atoms with Gasteiger partial charge in [0.1, 0.15) is 0 Å². The summed E-state index contributed by atoms with van der Waals surface area (Å²) in [6.07, 6.45) is 0.787. The highest BCUT2D eigenvalue weighted by Crippen LogP contribution is 2.37. The van der Waals surface area contributed by atoms with Crippen LogP contribution >= 0.6 is 11.8 Å². The molecule has 1 aliphatic rings. The first kappa shape index (κ1) is 23.1. The summed E-state index contributed by atoms with van der Waals surface area (Å²) in [5.41, 5.74) is -3.06. The van der Waals surface area contributed by atoms with Crippen LogP contribution in [0.15, 0.2) is 59.5 Å². The Hall–Kier alpha value is -2.52. The molecule has 1 N–H and O–H groups in total. The number of anilines is 1. The molecule has 2 aromatic carbocycles. The van der Waals surface area contributed by atoms with Crippen molar-refractivity contribution in [2.45, 2.75) is 23.2 Å². The molecule has 31 heavy (non-hydrogen) atoms. The van der Waals surface area contributed by atoms with E-state index in [-0.39, 0.29) is 41.4 Å². The topological polar surface area (TPSA) is 52.7 Å². The average molecular weight is 452 g/mol. The van der Waals surface area contributed by atoms with Gasteiger partial charge in [-0.2, -0.15) is 13.2 Å². The highest BCUT2D eigenvalue weighted by molar-refractivity contribution is 8.00. The van der Waals surface area contributed by atoms with E-state index in [1.54, 1.807) is 11.0 Å². The molecule has 1 fully saturated rings. The van der Waals surface area contributed by atoms with Gasteiger partial charge in [-0.3, -0.25) is 14.5 Å². The molecule has 1 aliphatic heterocycles. The largest absolute Gasteiger partial charge is 0.446 e. The number of carbonyl (C=O) groups is 2. The number of hydrogen-bond acceptors (Lipinski definition) is 4. The summed E-state index contributed by atoms with van der Waals surface area (Å²) in [7, 11) is 0. The van der Waals surface area contributed by atoms with E-state index in [4.69, 9.17) is 0 Å². The molecule has 0 aromatic heterocycles. The van der Waals surface area contributed by atoms with Crippen LogP contribution in [0, 0.1) is 0 Å². The molecule has 0 radical (unpaired) electrons. The summed E-state index contributed by atoms with van der Waals surface area (Å²) in [5, 5.41) is 2.85. The minimum Gasteiger partial charge on any atom is -0.341 e. The molecular formula is C22H24F3N3O2S. The highest BCUT2D eigenvalue weighted by atomic mass is 32.2. The Balaban J connectivity index is 1.49. The number of nitrogens with zero attached hydrogens (tertiary/aromatic N) is 2. The molecular weight excluding hydrogens is 427 g/mol. The fourth-order valence-corrected chi connectivity index (χ4v) is 4.07. The third-order valence-electron chi connectivity index (χ3n) is 4.85. The van der Waals surface area contributed by atoms with Gasteiger partial charge in [-0.05, 0) is 48.0 Å². The highest BCUT2D eigenvalue weighted by Gasteiger charge is 2.29. The second kappa shape index (κ2) is 10.7. The third-order valence-corrected chi connectivity index (χ3v) is 5.57. The lowest BCUT2D eigenvalue weighted by Gasteiger charge is -2.22. The van der Waals surface area contributed by atoms with Crippen molar-refractivity contribution in [2.24, 2.45) is 0 Å². The van der Waals surface area contributed by atoms with Gasteiger partial charge in [0.05, 0.1) is 13.0 Å². The lowest BCUT2D eigenvalue weighted by molar-refractivity contribution is -0.130. The predicted molar refractivity (Wildman–Crippen MR) is 115 cm³/mol. The van der Waals surface area contributed by atoms with Gasteiger partial charge in [-0.1, -0.05) is 30.3 Å². The Kier molecular flexibility index (Phi) is 7.97.